The lowest BCUT2D eigenvalue weighted by atomic mass is 10.0. The highest BCUT2D eigenvalue weighted by Gasteiger charge is 2.19. The zero-order valence-corrected chi connectivity index (χ0v) is 14.9. The third kappa shape index (κ3) is 4.59. The van der Waals surface area contributed by atoms with Crippen LogP contribution >= 0.6 is 24.8 Å². The average Bonchev–Trinajstić information content (AvgIpc) is 2.84. The SMILES string of the molecule is Cc1nc2ccccc2n1CCNC(=O)[C@H]1CCCCN1.Cl.Cl. The Labute approximate surface area is 149 Å². The van der Waals surface area contributed by atoms with Gasteiger partial charge in [-0.3, -0.25) is 4.79 Å². The van der Waals surface area contributed by atoms with E-state index in [1.165, 1.54) is 6.42 Å². The number of para-hydroxylation sites is 2. The Kier molecular flexibility index (Phi) is 7.82. The van der Waals surface area contributed by atoms with Gasteiger partial charge < -0.3 is 15.2 Å². The van der Waals surface area contributed by atoms with E-state index in [9.17, 15) is 4.79 Å². The van der Waals surface area contributed by atoms with Gasteiger partial charge in [-0.15, -0.1) is 24.8 Å². The maximum absolute atomic E-state index is 12.1. The average molecular weight is 359 g/mol. The first-order valence-electron chi connectivity index (χ1n) is 7.68. The number of aryl methyl sites for hydroxylation is 1. The fraction of sp³-hybridized carbons (Fsp3) is 0.500. The Morgan fingerprint density at radius 3 is 2.87 bits per heavy atom. The van der Waals surface area contributed by atoms with Crippen molar-refractivity contribution in [3.8, 4) is 0 Å². The van der Waals surface area contributed by atoms with Crippen molar-refractivity contribution in [3.63, 3.8) is 0 Å². The summed E-state index contributed by atoms with van der Waals surface area (Å²) >= 11 is 0. The van der Waals surface area contributed by atoms with E-state index in [0.717, 1.165) is 42.8 Å². The third-order valence-electron chi connectivity index (χ3n) is 4.11. The monoisotopic (exact) mass is 358 g/mol. The van der Waals surface area contributed by atoms with Gasteiger partial charge >= 0.3 is 0 Å². The van der Waals surface area contributed by atoms with Crippen LogP contribution in [-0.2, 0) is 11.3 Å². The topological polar surface area (TPSA) is 59.0 Å². The molecular weight excluding hydrogens is 335 g/mol. The fourth-order valence-electron chi connectivity index (χ4n) is 2.97. The fourth-order valence-corrected chi connectivity index (χ4v) is 2.97. The number of nitrogens with one attached hydrogen (secondary N) is 2. The number of hydrogen-bond acceptors (Lipinski definition) is 3. The number of nitrogens with zero attached hydrogens (tertiary/aromatic N) is 2. The van der Waals surface area contributed by atoms with Gasteiger partial charge in [-0.2, -0.15) is 0 Å². The predicted molar refractivity (Wildman–Crippen MR) is 97.6 cm³/mol. The Hall–Kier alpha value is -1.30. The van der Waals surface area contributed by atoms with Crippen LogP contribution in [-0.4, -0.2) is 34.6 Å². The molecule has 2 heterocycles. The van der Waals surface area contributed by atoms with Gasteiger partial charge in [0.05, 0.1) is 17.1 Å². The van der Waals surface area contributed by atoms with E-state index in [0.29, 0.717) is 6.54 Å². The second kappa shape index (κ2) is 9.11. The van der Waals surface area contributed by atoms with Crippen molar-refractivity contribution in [2.24, 2.45) is 0 Å². The van der Waals surface area contributed by atoms with Crippen LogP contribution in [0.2, 0.25) is 0 Å². The Balaban J connectivity index is 0.00000132. The van der Waals surface area contributed by atoms with Crippen LogP contribution in [0.3, 0.4) is 0 Å². The molecule has 0 spiro atoms. The molecule has 0 saturated carbocycles. The summed E-state index contributed by atoms with van der Waals surface area (Å²) < 4.78 is 2.16. The molecule has 1 amide bonds. The Bertz CT molecular complexity index is 638. The highest BCUT2D eigenvalue weighted by molar-refractivity contribution is 5.85. The van der Waals surface area contributed by atoms with Crippen molar-refractivity contribution in [1.29, 1.82) is 0 Å². The number of imidazole rings is 1. The molecule has 7 heteroatoms. The number of amides is 1. The molecule has 3 rings (SSSR count). The maximum Gasteiger partial charge on any atom is 0.237 e. The van der Waals surface area contributed by atoms with E-state index >= 15 is 0 Å². The van der Waals surface area contributed by atoms with Crippen molar-refractivity contribution in [2.45, 2.75) is 38.8 Å². The van der Waals surface area contributed by atoms with Gasteiger partial charge in [0.25, 0.3) is 0 Å². The number of benzene rings is 1. The lowest BCUT2D eigenvalue weighted by molar-refractivity contribution is -0.123. The van der Waals surface area contributed by atoms with Crippen LogP contribution in [0.1, 0.15) is 25.1 Å². The molecule has 1 aromatic carbocycles. The van der Waals surface area contributed by atoms with Crippen molar-refractivity contribution in [1.82, 2.24) is 20.2 Å². The molecule has 0 unspecified atom stereocenters. The normalized spacial score (nSPS) is 17.2. The number of rotatable bonds is 4. The summed E-state index contributed by atoms with van der Waals surface area (Å²) in [5, 5.41) is 6.30. The van der Waals surface area contributed by atoms with Crippen molar-refractivity contribution < 1.29 is 4.79 Å². The molecule has 0 radical (unpaired) electrons. The molecule has 0 aliphatic carbocycles. The minimum atomic E-state index is -0.0145. The second-order valence-corrected chi connectivity index (χ2v) is 5.59. The lowest BCUT2D eigenvalue weighted by Crippen LogP contribution is -2.47. The van der Waals surface area contributed by atoms with Gasteiger partial charge in [-0.25, -0.2) is 4.98 Å². The Morgan fingerprint density at radius 2 is 2.13 bits per heavy atom. The van der Waals surface area contributed by atoms with Gasteiger partial charge in [-0.1, -0.05) is 18.6 Å². The van der Waals surface area contributed by atoms with Crippen molar-refractivity contribution in [3.05, 3.63) is 30.1 Å². The zero-order chi connectivity index (χ0) is 14.7. The van der Waals surface area contributed by atoms with Crippen LogP contribution in [0.15, 0.2) is 24.3 Å². The van der Waals surface area contributed by atoms with Gasteiger partial charge in [-0.05, 0) is 38.4 Å². The predicted octanol–water partition coefficient (Wildman–Crippen LogP) is 2.45. The summed E-state index contributed by atoms with van der Waals surface area (Å²) in [5.74, 6) is 1.11. The third-order valence-corrected chi connectivity index (χ3v) is 4.11. The molecule has 1 atom stereocenters. The molecule has 1 aromatic heterocycles. The van der Waals surface area contributed by atoms with Crippen LogP contribution in [0.4, 0.5) is 0 Å². The number of fused-ring (bicyclic) bond motifs is 1. The van der Waals surface area contributed by atoms with Crippen LogP contribution in [0, 0.1) is 6.92 Å². The lowest BCUT2D eigenvalue weighted by Gasteiger charge is -2.22. The molecule has 1 aliphatic heterocycles. The minimum absolute atomic E-state index is 0. The molecule has 23 heavy (non-hydrogen) atoms. The summed E-state index contributed by atoms with van der Waals surface area (Å²) in [7, 11) is 0. The van der Waals surface area contributed by atoms with Crippen LogP contribution < -0.4 is 10.6 Å². The minimum Gasteiger partial charge on any atom is -0.353 e. The molecule has 2 N–H and O–H groups in total. The smallest absolute Gasteiger partial charge is 0.237 e. The van der Waals surface area contributed by atoms with E-state index in [4.69, 9.17) is 0 Å². The number of piperidine rings is 1. The quantitative estimate of drug-likeness (QED) is 0.882. The molecule has 5 nitrogen and oxygen atoms in total. The second-order valence-electron chi connectivity index (χ2n) is 5.59. The highest BCUT2D eigenvalue weighted by Crippen LogP contribution is 2.14. The highest BCUT2D eigenvalue weighted by atomic mass is 35.5. The first-order chi connectivity index (χ1) is 10.3. The first-order valence-corrected chi connectivity index (χ1v) is 7.68. The number of hydrogen-bond donors (Lipinski definition) is 2. The van der Waals surface area contributed by atoms with Crippen molar-refractivity contribution >= 4 is 41.8 Å². The summed E-state index contributed by atoms with van der Waals surface area (Å²) in [6.45, 7) is 4.34. The van der Waals surface area contributed by atoms with E-state index in [1.807, 2.05) is 25.1 Å². The largest absolute Gasteiger partial charge is 0.353 e. The van der Waals surface area contributed by atoms with Gasteiger partial charge in [0, 0.05) is 13.1 Å². The summed E-state index contributed by atoms with van der Waals surface area (Å²) in [5.41, 5.74) is 2.13. The summed E-state index contributed by atoms with van der Waals surface area (Å²) in [4.78, 5) is 16.6. The number of aromatic nitrogens is 2. The number of halogens is 2. The van der Waals surface area contributed by atoms with E-state index in [-0.39, 0.29) is 36.8 Å². The Morgan fingerprint density at radius 1 is 1.35 bits per heavy atom. The first kappa shape index (κ1) is 19.7. The van der Waals surface area contributed by atoms with E-state index in [2.05, 4.69) is 26.3 Å². The summed E-state index contributed by atoms with van der Waals surface area (Å²) in [6.07, 6.45) is 3.25. The van der Waals surface area contributed by atoms with Gasteiger partial charge in [0.1, 0.15) is 5.82 Å². The number of carbonyl (C=O) groups is 1. The maximum atomic E-state index is 12.1. The molecule has 2 aromatic rings. The standard InChI is InChI=1S/C16H22N4O.2ClH/c1-12-19-13-6-2-3-8-15(13)20(12)11-10-18-16(21)14-7-4-5-9-17-14;;/h2-3,6,8,14,17H,4-5,7,9-11H2,1H3,(H,18,21);2*1H/t14-;;/m1../s1. The van der Waals surface area contributed by atoms with E-state index < -0.39 is 0 Å². The molecule has 128 valence electrons. The zero-order valence-electron chi connectivity index (χ0n) is 13.2. The molecule has 1 saturated heterocycles. The molecular formula is C16H24Cl2N4O. The van der Waals surface area contributed by atoms with Crippen LogP contribution in [0.5, 0.6) is 0 Å². The molecule has 1 aliphatic rings. The van der Waals surface area contributed by atoms with Gasteiger partial charge in [0.2, 0.25) is 5.91 Å². The van der Waals surface area contributed by atoms with Gasteiger partial charge in [0.15, 0.2) is 0 Å². The van der Waals surface area contributed by atoms with Crippen LogP contribution in [0.25, 0.3) is 11.0 Å². The molecule has 1 fully saturated rings. The summed E-state index contributed by atoms with van der Waals surface area (Å²) in [6, 6.07) is 8.09. The number of carbonyl (C=O) groups excluding carboxylic acids is 1. The van der Waals surface area contributed by atoms with E-state index in [1.54, 1.807) is 0 Å². The van der Waals surface area contributed by atoms with Crippen molar-refractivity contribution in [2.75, 3.05) is 13.1 Å². The molecule has 0 bridgehead atoms.